The van der Waals surface area contributed by atoms with Gasteiger partial charge in [-0.05, 0) is 43.7 Å². The second kappa shape index (κ2) is 5.78. The summed E-state index contributed by atoms with van der Waals surface area (Å²) in [5.74, 6) is 0.194. The van der Waals surface area contributed by atoms with Crippen LogP contribution in [-0.2, 0) is 6.54 Å². The predicted octanol–water partition coefficient (Wildman–Crippen LogP) is 3.29. The third-order valence-electron chi connectivity index (χ3n) is 2.57. The van der Waals surface area contributed by atoms with E-state index in [0.29, 0.717) is 18.0 Å². The van der Waals surface area contributed by atoms with Crippen molar-refractivity contribution in [2.24, 2.45) is 0 Å². The zero-order valence-corrected chi connectivity index (χ0v) is 10.7. The first-order chi connectivity index (χ1) is 8.69. The third kappa shape index (κ3) is 3.17. The molecule has 0 bridgehead atoms. The van der Waals surface area contributed by atoms with Crippen molar-refractivity contribution in [1.29, 1.82) is 0 Å². The first kappa shape index (κ1) is 12.8. The second-order valence-electron chi connectivity index (χ2n) is 4.34. The molecule has 0 saturated heterocycles. The average molecular weight is 248 g/mol. The quantitative estimate of drug-likeness (QED) is 0.825. The number of aryl methyl sites for hydroxylation is 1. The number of halogens is 1. The van der Waals surface area contributed by atoms with Crippen LogP contribution in [0.5, 0.6) is 0 Å². The summed E-state index contributed by atoms with van der Waals surface area (Å²) in [7, 11) is 0. The highest BCUT2D eigenvalue weighted by Crippen LogP contribution is 2.21. The van der Waals surface area contributed by atoms with Crippen molar-refractivity contribution in [2.75, 3.05) is 6.54 Å². The van der Waals surface area contributed by atoms with Gasteiger partial charge in [0.1, 0.15) is 12.1 Å². The fourth-order valence-electron chi connectivity index (χ4n) is 1.77. The molecule has 0 unspecified atom stereocenters. The van der Waals surface area contributed by atoms with Crippen LogP contribution in [-0.4, -0.2) is 11.5 Å². The highest BCUT2D eigenvalue weighted by molar-refractivity contribution is 5.54. The molecule has 0 spiro atoms. The molecule has 1 heterocycles. The molecule has 0 aliphatic rings. The Morgan fingerprint density at radius 1 is 1.33 bits per heavy atom. The van der Waals surface area contributed by atoms with Gasteiger partial charge in [-0.2, -0.15) is 0 Å². The summed E-state index contributed by atoms with van der Waals surface area (Å²) in [6.07, 6.45) is 2.69. The highest BCUT2D eigenvalue weighted by atomic mass is 19.1. The van der Waals surface area contributed by atoms with Crippen molar-refractivity contribution in [3.05, 3.63) is 41.5 Å². The van der Waals surface area contributed by atoms with Crippen molar-refractivity contribution in [2.45, 2.75) is 26.8 Å². The number of hydrogen-bond acceptors (Lipinski definition) is 3. The van der Waals surface area contributed by atoms with Crippen LogP contribution in [0, 0.1) is 12.7 Å². The van der Waals surface area contributed by atoms with Crippen molar-refractivity contribution in [3.63, 3.8) is 0 Å². The van der Waals surface area contributed by atoms with Crippen molar-refractivity contribution < 1.29 is 8.81 Å². The van der Waals surface area contributed by atoms with E-state index in [9.17, 15) is 4.39 Å². The molecule has 3 nitrogen and oxygen atoms in total. The van der Waals surface area contributed by atoms with Gasteiger partial charge in [0.25, 0.3) is 0 Å². The first-order valence-electron chi connectivity index (χ1n) is 6.11. The second-order valence-corrected chi connectivity index (χ2v) is 4.34. The molecule has 2 aromatic rings. The minimum Gasteiger partial charge on any atom is -0.444 e. The van der Waals surface area contributed by atoms with E-state index in [4.69, 9.17) is 4.42 Å². The molecule has 2 rings (SSSR count). The largest absolute Gasteiger partial charge is 0.444 e. The van der Waals surface area contributed by atoms with Crippen LogP contribution < -0.4 is 5.32 Å². The number of rotatable bonds is 5. The van der Waals surface area contributed by atoms with Crippen LogP contribution in [0.3, 0.4) is 0 Å². The van der Waals surface area contributed by atoms with E-state index in [0.717, 1.165) is 24.2 Å². The molecule has 0 radical (unpaired) electrons. The summed E-state index contributed by atoms with van der Waals surface area (Å²) >= 11 is 0. The van der Waals surface area contributed by atoms with Crippen molar-refractivity contribution in [3.8, 4) is 11.5 Å². The van der Waals surface area contributed by atoms with Crippen LogP contribution in [0.4, 0.5) is 4.39 Å². The zero-order chi connectivity index (χ0) is 13.0. The number of nitrogens with one attached hydrogen (secondary N) is 1. The fraction of sp³-hybridized carbons (Fsp3) is 0.357. The lowest BCUT2D eigenvalue weighted by molar-refractivity contribution is 0.568. The standard InChI is InChI=1S/C14H17FN2O/c1-3-4-16-8-13-9-18-14(17-13)11-5-10(2)6-12(15)7-11/h5-7,9,16H,3-4,8H2,1-2H3. The molecule has 1 N–H and O–H groups in total. The lowest BCUT2D eigenvalue weighted by atomic mass is 10.1. The monoisotopic (exact) mass is 248 g/mol. The topological polar surface area (TPSA) is 38.1 Å². The SMILES string of the molecule is CCCNCc1coc(-c2cc(C)cc(F)c2)n1. The van der Waals surface area contributed by atoms with Gasteiger partial charge in [0, 0.05) is 12.1 Å². The zero-order valence-electron chi connectivity index (χ0n) is 10.7. The fourth-order valence-corrected chi connectivity index (χ4v) is 1.77. The third-order valence-corrected chi connectivity index (χ3v) is 2.57. The van der Waals surface area contributed by atoms with E-state index in [1.54, 1.807) is 6.26 Å². The van der Waals surface area contributed by atoms with Gasteiger partial charge in [0.05, 0.1) is 5.69 Å². The highest BCUT2D eigenvalue weighted by Gasteiger charge is 2.08. The van der Waals surface area contributed by atoms with E-state index in [2.05, 4.69) is 17.2 Å². The van der Waals surface area contributed by atoms with Crippen molar-refractivity contribution in [1.82, 2.24) is 10.3 Å². The molecule has 0 aliphatic heterocycles. The predicted molar refractivity (Wildman–Crippen MR) is 68.6 cm³/mol. The van der Waals surface area contributed by atoms with Gasteiger partial charge in [-0.1, -0.05) is 6.92 Å². The summed E-state index contributed by atoms with van der Waals surface area (Å²) in [5.41, 5.74) is 2.36. The van der Waals surface area contributed by atoms with Gasteiger partial charge < -0.3 is 9.73 Å². The van der Waals surface area contributed by atoms with Gasteiger partial charge in [-0.3, -0.25) is 0 Å². The Morgan fingerprint density at radius 3 is 2.89 bits per heavy atom. The minimum absolute atomic E-state index is 0.270. The molecular weight excluding hydrogens is 231 g/mol. The number of hydrogen-bond donors (Lipinski definition) is 1. The summed E-state index contributed by atoms with van der Waals surface area (Å²) in [5, 5.41) is 3.24. The normalized spacial score (nSPS) is 10.8. The van der Waals surface area contributed by atoms with E-state index in [1.807, 2.05) is 13.0 Å². The first-order valence-corrected chi connectivity index (χ1v) is 6.11. The summed E-state index contributed by atoms with van der Waals surface area (Å²) in [4.78, 5) is 4.34. The van der Waals surface area contributed by atoms with Crippen LogP contribution in [0.2, 0.25) is 0 Å². The average Bonchev–Trinajstić information content (AvgIpc) is 2.77. The Morgan fingerprint density at radius 2 is 2.17 bits per heavy atom. The molecule has 0 amide bonds. The number of benzene rings is 1. The summed E-state index contributed by atoms with van der Waals surface area (Å²) < 4.78 is 18.7. The van der Waals surface area contributed by atoms with Crippen LogP contribution in [0.1, 0.15) is 24.6 Å². The summed E-state index contributed by atoms with van der Waals surface area (Å²) in [6.45, 7) is 5.57. The van der Waals surface area contributed by atoms with Gasteiger partial charge in [-0.15, -0.1) is 0 Å². The minimum atomic E-state index is -0.270. The lowest BCUT2D eigenvalue weighted by Crippen LogP contribution is -2.13. The van der Waals surface area contributed by atoms with Crippen LogP contribution >= 0.6 is 0 Å². The maximum absolute atomic E-state index is 13.3. The van der Waals surface area contributed by atoms with Crippen molar-refractivity contribution >= 4 is 0 Å². The van der Waals surface area contributed by atoms with E-state index < -0.39 is 0 Å². The Kier molecular flexibility index (Phi) is 4.10. The Hall–Kier alpha value is -1.68. The molecule has 1 aromatic heterocycles. The van der Waals surface area contributed by atoms with E-state index in [-0.39, 0.29) is 5.82 Å². The van der Waals surface area contributed by atoms with E-state index in [1.165, 1.54) is 12.1 Å². The Balaban J connectivity index is 2.13. The van der Waals surface area contributed by atoms with Gasteiger partial charge in [0.2, 0.25) is 5.89 Å². The molecule has 18 heavy (non-hydrogen) atoms. The lowest BCUT2D eigenvalue weighted by Gasteiger charge is -1.99. The van der Waals surface area contributed by atoms with Gasteiger partial charge in [0.15, 0.2) is 0 Å². The Bertz CT molecular complexity index is 502. The number of aromatic nitrogens is 1. The van der Waals surface area contributed by atoms with Gasteiger partial charge in [-0.25, -0.2) is 9.37 Å². The van der Waals surface area contributed by atoms with Gasteiger partial charge >= 0.3 is 0 Å². The number of oxazole rings is 1. The van der Waals surface area contributed by atoms with E-state index >= 15 is 0 Å². The molecule has 0 aliphatic carbocycles. The molecule has 0 saturated carbocycles. The maximum atomic E-state index is 13.3. The maximum Gasteiger partial charge on any atom is 0.226 e. The molecule has 96 valence electrons. The molecule has 1 aromatic carbocycles. The Labute approximate surface area is 106 Å². The summed E-state index contributed by atoms with van der Waals surface area (Å²) in [6, 6.07) is 4.77. The smallest absolute Gasteiger partial charge is 0.226 e. The molecule has 4 heteroatoms. The molecule has 0 fully saturated rings. The molecular formula is C14H17FN2O. The van der Waals surface area contributed by atoms with Crippen LogP contribution in [0.15, 0.2) is 28.9 Å². The molecule has 0 atom stereocenters. The number of nitrogens with zero attached hydrogens (tertiary/aromatic N) is 1. The van der Waals surface area contributed by atoms with Crippen LogP contribution in [0.25, 0.3) is 11.5 Å².